The number of thiophene rings is 1. The Balaban J connectivity index is 1.45. The van der Waals surface area contributed by atoms with Crippen LogP contribution in [0.15, 0.2) is 46.7 Å². The summed E-state index contributed by atoms with van der Waals surface area (Å²) < 4.78 is 33.5. The predicted octanol–water partition coefficient (Wildman–Crippen LogP) is 3.79. The zero-order valence-electron chi connectivity index (χ0n) is 17.5. The molecular weight excluding hydrogens is 434 g/mol. The van der Waals surface area contributed by atoms with Gasteiger partial charge in [-0.05, 0) is 49.7 Å². The Hall–Kier alpha value is -2.69. The minimum absolute atomic E-state index is 0.315. The van der Waals surface area contributed by atoms with E-state index in [1.54, 1.807) is 30.3 Å². The molecule has 3 heterocycles. The molecule has 0 bridgehead atoms. The van der Waals surface area contributed by atoms with E-state index in [9.17, 15) is 8.42 Å². The van der Waals surface area contributed by atoms with Crippen molar-refractivity contribution >= 4 is 44.5 Å². The van der Waals surface area contributed by atoms with E-state index in [-0.39, 0.29) is 0 Å². The van der Waals surface area contributed by atoms with Gasteiger partial charge >= 0.3 is 0 Å². The molecule has 1 aliphatic heterocycles. The van der Waals surface area contributed by atoms with Crippen molar-refractivity contribution in [3.05, 3.63) is 53.0 Å². The fraction of sp³-hybridized carbons (Fsp3) is 0.333. The van der Waals surface area contributed by atoms with Crippen LogP contribution in [0.2, 0.25) is 0 Å². The van der Waals surface area contributed by atoms with Crippen molar-refractivity contribution in [2.24, 2.45) is 0 Å². The van der Waals surface area contributed by atoms with E-state index in [1.165, 1.54) is 11.3 Å². The van der Waals surface area contributed by atoms with Crippen LogP contribution in [0.4, 0.5) is 23.1 Å². The van der Waals surface area contributed by atoms with E-state index in [4.69, 9.17) is 4.74 Å². The summed E-state index contributed by atoms with van der Waals surface area (Å²) in [7, 11) is -3.59. The van der Waals surface area contributed by atoms with Crippen LogP contribution in [0.3, 0.4) is 0 Å². The number of ether oxygens (including phenoxy) is 1. The molecule has 2 N–H and O–H groups in total. The summed E-state index contributed by atoms with van der Waals surface area (Å²) in [5.74, 6) is 1.37. The van der Waals surface area contributed by atoms with E-state index >= 15 is 0 Å². The molecule has 0 unspecified atom stereocenters. The van der Waals surface area contributed by atoms with Gasteiger partial charge in [-0.15, -0.1) is 11.3 Å². The zero-order valence-corrected chi connectivity index (χ0v) is 19.1. The van der Waals surface area contributed by atoms with Gasteiger partial charge in [-0.2, -0.15) is 4.98 Å². The van der Waals surface area contributed by atoms with E-state index in [0.717, 1.165) is 41.6 Å². The monoisotopic (exact) mass is 459 g/mol. The molecule has 0 aliphatic carbocycles. The summed E-state index contributed by atoms with van der Waals surface area (Å²) in [6.45, 7) is 6.92. The summed E-state index contributed by atoms with van der Waals surface area (Å²) in [4.78, 5) is 12.3. The maximum atomic E-state index is 12.6. The predicted molar refractivity (Wildman–Crippen MR) is 124 cm³/mol. The Labute approximate surface area is 186 Å². The van der Waals surface area contributed by atoms with Gasteiger partial charge in [0.25, 0.3) is 10.0 Å². The van der Waals surface area contributed by atoms with Crippen molar-refractivity contribution < 1.29 is 13.2 Å². The molecule has 0 radical (unpaired) electrons. The molecule has 0 amide bonds. The third-order valence-electron chi connectivity index (χ3n) is 4.82. The number of morpholine rings is 1. The lowest BCUT2D eigenvalue weighted by molar-refractivity contribution is 0.122. The van der Waals surface area contributed by atoms with Gasteiger partial charge in [-0.3, -0.25) is 4.72 Å². The number of nitrogens with zero attached hydrogens (tertiary/aromatic N) is 3. The first-order valence-electron chi connectivity index (χ1n) is 10.1. The first-order chi connectivity index (χ1) is 14.9. The minimum atomic E-state index is -3.59. The molecule has 10 heteroatoms. The smallest absolute Gasteiger partial charge is 0.271 e. The van der Waals surface area contributed by atoms with E-state index < -0.39 is 10.0 Å². The largest absolute Gasteiger partial charge is 0.378 e. The number of anilines is 4. The van der Waals surface area contributed by atoms with Crippen LogP contribution in [0.25, 0.3) is 0 Å². The molecule has 2 aromatic heterocycles. The van der Waals surface area contributed by atoms with Gasteiger partial charge in [-0.25, -0.2) is 13.4 Å². The summed E-state index contributed by atoms with van der Waals surface area (Å²) in [5, 5.41) is 3.20. The average Bonchev–Trinajstić information content (AvgIpc) is 3.26. The molecule has 164 valence electrons. The number of sulfonamides is 1. The maximum Gasteiger partial charge on any atom is 0.271 e. The molecule has 31 heavy (non-hydrogen) atoms. The van der Waals surface area contributed by atoms with Gasteiger partial charge in [-0.1, -0.05) is 6.92 Å². The lowest BCUT2D eigenvalue weighted by Gasteiger charge is -2.28. The quantitative estimate of drug-likeness (QED) is 0.555. The lowest BCUT2D eigenvalue weighted by Crippen LogP contribution is -2.36. The highest BCUT2D eigenvalue weighted by Crippen LogP contribution is 2.26. The highest BCUT2D eigenvalue weighted by Gasteiger charge is 2.17. The van der Waals surface area contributed by atoms with Crippen LogP contribution in [0, 0.1) is 6.92 Å². The molecule has 1 aromatic carbocycles. The topological polar surface area (TPSA) is 96.5 Å². The SMILES string of the molecule is CCc1ccc(S(=O)(=O)Nc2ccc(Nc3nc(C)cc(N4CCOCC4)n3)cc2)s1. The van der Waals surface area contributed by atoms with Crippen molar-refractivity contribution in [3.8, 4) is 0 Å². The zero-order chi connectivity index (χ0) is 21.8. The van der Waals surface area contributed by atoms with Gasteiger partial charge in [0.1, 0.15) is 10.0 Å². The fourth-order valence-corrected chi connectivity index (χ4v) is 5.57. The highest BCUT2D eigenvalue weighted by atomic mass is 32.2. The minimum Gasteiger partial charge on any atom is -0.378 e. The second-order valence-corrected chi connectivity index (χ2v) is 10.3. The molecule has 0 spiro atoms. The number of nitrogens with one attached hydrogen (secondary N) is 2. The van der Waals surface area contributed by atoms with Gasteiger partial charge in [0.05, 0.1) is 13.2 Å². The average molecular weight is 460 g/mol. The van der Waals surface area contributed by atoms with Gasteiger partial charge in [0.15, 0.2) is 0 Å². The molecule has 0 saturated carbocycles. The third kappa shape index (κ3) is 5.33. The second kappa shape index (κ2) is 9.21. The molecular formula is C21H25N5O3S2. The van der Waals surface area contributed by atoms with Crippen LogP contribution in [0.1, 0.15) is 17.5 Å². The Morgan fingerprint density at radius 3 is 2.45 bits per heavy atom. The van der Waals surface area contributed by atoms with Crippen molar-refractivity contribution in [1.29, 1.82) is 0 Å². The number of rotatable bonds is 7. The number of hydrogen-bond acceptors (Lipinski definition) is 8. The Morgan fingerprint density at radius 2 is 1.77 bits per heavy atom. The molecule has 1 aliphatic rings. The summed E-state index contributed by atoms with van der Waals surface area (Å²) in [6, 6.07) is 12.5. The summed E-state index contributed by atoms with van der Waals surface area (Å²) in [5.41, 5.74) is 2.13. The number of benzene rings is 1. The molecule has 4 rings (SSSR count). The first-order valence-corrected chi connectivity index (χ1v) is 12.4. The second-order valence-electron chi connectivity index (χ2n) is 7.17. The molecule has 1 fully saturated rings. The Morgan fingerprint density at radius 1 is 1.06 bits per heavy atom. The van der Waals surface area contributed by atoms with Gasteiger partial charge < -0.3 is 15.0 Å². The summed E-state index contributed by atoms with van der Waals surface area (Å²) >= 11 is 1.29. The van der Waals surface area contributed by atoms with Crippen molar-refractivity contribution in [3.63, 3.8) is 0 Å². The van der Waals surface area contributed by atoms with Gasteiger partial charge in [0.2, 0.25) is 5.95 Å². The van der Waals surface area contributed by atoms with Crippen LogP contribution in [-0.2, 0) is 21.2 Å². The Kier molecular flexibility index (Phi) is 6.40. The molecule has 8 nitrogen and oxygen atoms in total. The van der Waals surface area contributed by atoms with Crippen LogP contribution < -0.4 is 14.9 Å². The molecule has 0 atom stereocenters. The van der Waals surface area contributed by atoms with Crippen LogP contribution in [0.5, 0.6) is 0 Å². The number of aromatic nitrogens is 2. The van der Waals surface area contributed by atoms with Crippen molar-refractivity contribution in [2.45, 2.75) is 24.5 Å². The Bertz CT molecular complexity index is 1140. The standard InChI is InChI=1S/C21H25N5O3S2/c1-3-18-8-9-20(30-18)31(27,28)25-17-6-4-16(5-7-17)23-21-22-15(2)14-19(24-21)26-10-12-29-13-11-26/h4-9,14,25H,3,10-13H2,1-2H3,(H,22,23,24). The van der Waals surface area contributed by atoms with Crippen LogP contribution >= 0.6 is 11.3 Å². The van der Waals surface area contributed by atoms with Crippen molar-refractivity contribution in [1.82, 2.24) is 9.97 Å². The molecule has 1 saturated heterocycles. The fourth-order valence-electron chi connectivity index (χ4n) is 3.21. The lowest BCUT2D eigenvalue weighted by atomic mass is 10.3. The number of hydrogen-bond donors (Lipinski definition) is 2. The highest BCUT2D eigenvalue weighted by molar-refractivity contribution is 7.94. The van der Waals surface area contributed by atoms with Crippen LogP contribution in [-0.4, -0.2) is 44.7 Å². The maximum absolute atomic E-state index is 12.6. The third-order valence-corrected chi connectivity index (χ3v) is 7.92. The number of aryl methyl sites for hydroxylation is 2. The van der Waals surface area contributed by atoms with E-state index in [2.05, 4.69) is 24.9 Å². The molecule has 3 aromatic rings. The first kappa shape index (κ1) is 21.5. The normalized spacial score (nSPS) is 14.5. The van der Waals surface area contributed by atoms with E-state index in [1.807, 2.05) is 26.0 Å². The van der Waals surface area contributed by atoms with E-state index in [0.29, 0.717) is 29.1 Å². The summed E-state index contributed by atoms with van der Waals surface area (Å²) in [6.07, 6.45) is 0.814. The van der Waals surface area contributed by atoms with Gasteiger partial charge in [0, 0.05) is 41.1 Å². The van der Waals surface area contributed by atoms with Crippen molar-refractivity contribution in [2.75, 3.05) is 41.2 Å².